The van der Waals surface area contributed by atoms with Gasteiger partial charge in [0.2, 0.25) is 0 Å². The lowest BCUT2D eigenvalue weighted by Crippen LogP contribution is -1.84. The first-order chi connectivity index (χ1) is 4.93. The quantitative estimate of drug-likeness (QED) is 0.314. The summed E-state index contributed by atoms with van der Waals surface area (Å²) in [7, 11) is 0. The summed E-state index contributed by atoms with van der Waals surface area (Å²) < 4.78 is 5.09. The van der Waals surface area contributed by atoms with Crippen LogP contribution in [0.3, 0.4) is 0 Å². The first kappa shape index (κ1) is 7.80. The van der Waals surface area contributed by atoms with E-state index in [0.717, 1.165) is 6.61 Å². The second-order valence-corrected chi connectivity index (χ2v) is 2.88. The number of ether oxygens (including phenoxy) is 1. The van der Waals surface area contributed by atoms with Gasteiger partial charge in [-0.1, -0.05) is 18.9 Å². The highest BCUT2D eigenvalue weighted by Crippen LogP contribution is 2.17. The van der Waals surface area contributed by atoms with E-state index in [9.17, 15) is 0 Å². The van der Waals surface area contributed by atoms with E-state index in [1.807, 2.05) is 6.08 Å². The van der Waals surface area contributed by atoms with Gasteiger partial charge in [-0.2, -0.15) is 0 Å². The molecule has 1 fully saturated rings. The van der Waals surface area contributed by atoms with E-state index in [4.69, 9.17) is 4.74 Å². The van der Waals surface area contributed by atoms with Crippen molar-refractivity contribution in [2.24, 2.45) is 0 Å². The van der Waals surface area contributed by atoms with Crippen molar-refractivity contribution < 1.29 is 4.74 Å². The highest BCUT2D eigenvalue weighted by molar-refractivity contribution is 4.69. The van der Waals surface area contributed by atoms with Gasteiger partial charge in [0.25, 0.3) is 0 Å². The topological polar surface area (TPSA) is 12.5 Å². The van der Waals surface area contributed by atoms with Crippen LogP contribution in [0.2, 0.25) is 0 Å². The van der Waals surface area contributed by atoms with Crippen LogP contribution in [0.5, 0.6) is 0 Å². The van der Waals surface area contributed by atoms with Crippen molar-refractivity contribution in [2.75, 3.05) is 6.61 Å². The third-order valence-electron chi connectivity index (χ3n) is 1.84. The Labute approximate surface area is 63.1 Å². The summed E-state index contributed by atoms with van der Waals surface area (Å²) in [5.41, 5.74) is 0. The minimum Gasteiger partial charge on any atom is -0.373 e. The molecule has 1 heteroatoms. The SMILES string of the molecule is C=CCCCCCC1CO1. The van der Waals surface area contributed by atoms with Gasteiger partial charge in [-0.15, -0.1) is 6.58 Å². The Kier molecular flexibility index (Phi) is 3.52. The van der Waals surface area contributed by atoms with Crippen molar-refractivity contribution in [3.8, 4) is 0 Å². The maximum Gasteiger partial charge on any atom is 0.0810 e. The normalized spacial score (nSPS) is 22.6. The molecular weight excluding hydrogens is 124 g/mol. The van der Waals surface area contributed by atoms with Crippen molar-refractivity contribution in [1.29, 1.82) is 0 Å². The van der Waals surface area contributed by atoms with Crippen LogP contribution in [0.4, 0.5) is 0 Å². The molecule has 1 rings (SSSR count). The lowest BCUT2D eigenvalue weighted by Gasteiger charge is -1.94. The van der Waals surface area contributed by atoms with Gasteiger partial charge < -0.3 is 4.74 Å². The summed E-state index contributed by atoms with van der Waals surface area (Å²) in [5, 5.41) is 0. The molecule has 1 aliphatic heterocycles. The van der Waals surface area contributed by atoms with E-state index in [2.05, 4.69) is 6.58 Å². The third kappa shape index (κ3) is 3.67. The van der Waals surface area contributed by atoms with Gasteiger partial charge >= 0.3 is 0 Å². The lowest BCUT2D eigenvalue weighted by atomic mass is 10.1. The van der Waals surface area contributed by atoms with E-state index in [1.165, 1.54) is 32.1 Å². The number of allylic oxidation sites excluding steroid dienone is 1. The average molecular weight is 140 g/mol. The summed E-state index contributed by atoms with van der Waals surface area (Å²) in [6.45, 7) is 4.70. The fourth-order valence-corrected chi connectivity index (χ4v) is 1.07. The molecule has 0 bridgehead atoms. The molecule has 1 aliphatic rings. The number of hydrogen-bond acceptors (Lipinski definition) is 1. The standard InChI is InChI=1S/C9H16O/c1-2-3-4-5-6-7-9-8-10-9/h2,9H,1,3-8H2. The number of epoxide rings is 1. The fraction of sp³-hybridized carbons (Fsp3) is 0.778. The van der Waals surface area contributed by atoms with Crippen LogP contribution >= 0.6 is 0 Å². The van der Waals surface area contributed by atoms with Crippen molar-refractivity contribution in [1.82, 2.24) is 0 Å². The zero-order valence-corrected chi connectivity index (χ0v) is 6.51. The van der Waals surface area contributed by atoms with Gasteiger partial charge in [-0.25, -0.2) is 0 Å². The molecule has 1 unspecified atom stereocenters. The molecule has 0 N–H and O–H groups in total. The Morgan fingerprint density at radius 2 is 2.20 bits per heavy atom. The first-order valence-electron chi connectivity index (χ1n) is 4.16. The molecule has 0 radical (unpaired) electrons. The van der Waals surface area contributed by atoms with E-state index >= 15 is 0 Å². The van der Waals surface area contributed by atoms with Crippen molar-refractivity contribution in [2.45, 2.75) is 38.2 Å². The van der Waals surface area contributed by atoms with Crippen LogP contribution in [0.1, 0.15) is 32.1 Å². The van der Waals surface area contributed by atoms with Crippen LogP contribution < -0.4 is 0 Å². The monoisotopic (exact) mass is 140 g/mol. The first-order valence-corrected chi connectivity index (χ1v) is 4.16. The molecule has 10 heavy (non-hydrogen) atoms. The number of unbranched alkanes of at least 4 members (excludes halogenated alkanes) is 3. The number of rotatable bonds is 6. The zero-order valence-electron chi connectivity index (χ0n) is 6.51. The molecule has 1 heterocycles. The van der Waals surface area contributed by atoms with Gasteiger partial charge in [0, 0.05) is 0 Å². The largest absolute Gasteiger partial charge is 0.373 e. The summed E-state index contributed by atoms with van der Waals surface area (Å²) in [6, 6.07) is 0. The van der Waals surface area contributed by atoms with Crippen molar-refractivity contribution >= 4 is 0 Å². The van der Waals surface area contributed by atoms with E-state index in [1.54, 1.807) is 0 Å². The van der Waals surface area contributed by atoms with Gasteiger partial charge in [0.15, 0.2) is 0 Å². The second-order valence-electron chi connectivity index (χ2n) is 2.88. The highest BCUT2D eigenvalue weighted by Gasteiger charge is 2.20. The molecule has 0 saturated carbocycles. The van der Waals surface area contributed by atoms with Crippen LogP contribution in [-0.4, -0.2) is 12.7 Å². The molecule has 1 nitrogen and oxygen atoms in total. The molecule has 1 saturated heterocycles. The third-order valence-corrected chi connectivity index (χ3v) is 1.84. The zero-order chi connectivity index (χ0) is 7.23. The molecule has 0 aromatic heterocycles. The molecule has 58 valence electrons. The van der Waals surface area contributed by atoms with E-state index in [0.29, 0.717) is 6.10 Å². The Balaban J connectivity index is 1.72. The fourth-order valence-electron chi connectivity index (χ4n) is 1.07. The molecule has 0 aromatic rings. The second kappa shape index (κ2) is 4.51. The predicted octanol–water partition coefficient (Wildman–Crippen LogP) is 2.52. The Morgan fingerprint density at radius 1 is 1.40 bits per heavy atom. The molecule has 0 aromatic carbocycles. The van der Waals surface area contributed by atoms with Gasteiger partial charge in [0.1, 0.15) is 0 Å². The summed E-state index contributed by atoms with van der Waals surface area (Å²) in [4.78, 5) is 0. The highest BCUT2D eigenvalue weighted by atomic mass is 16.6. The van der Waals surface area contributed by atoms with Gasteiger partial charge in [0.05, 0.1) is 12.7 Å². The smallest absolute Gasteiger partial charge is 0.0810 e. The van der Waals surface area contributed by atoms with E-state index < -0.39 is 0 Å². The van der Waals surface area contributed by atoms with Crippen molar-refractivity contribution in [3.05, 3.63) is 12.7 Å². The predicted molar refractivity (Wildman–Crippen MR) is 43.0 cm³/mol. The van der Waals surface area contributed by atoms with Gasteiger partial charge in [-0.3, -0.25) is 0 Å². The minimum atomic E-state index is 0.628. The van der Waals surface area contributed by atoms with Crippen LogP contribution in [-0.2, 0) is 4.74 Å². The summed E-state index contributed by atoms with van der Waals surface area (Å²) in [6.07, 6.45) is 9.04. The lowest BCUT2D eigenvalue weighted by molar-refractivity contribution is 0.388. The maximum atomic E-state index is 5.09. The Hall–Kier alpha value is -0.300. The van der Waals surface area contributed by atoms with Crippen molar-refractivity contribution in [3.63, 3.8) is 0 Å². The average Bonchev–Trinajstić information content (AvgIpc) is 2.71. The molecule has 0 aliphatic carbocycles. The summed E-state index contributed by atoms with van der Waals surface area (Å²) in [5.74, 6) is 0. The Bertz CT molecular complexity index is 94.9. The van der Waals surface area contributed by atoms with Crippen LogP contribution in [0, 0.1) is 0 Å². The molecule has 0 spiro atoms. The minimum absolute atomic E-state index is 0.628. The molecule has 1 atom stereocenters. The Morgan fingerprint density at radius 3 is 2.80 bits per heavy atom. The summed E-state index contributed by atoms with van der Waals surface area (Å²) >= 11 is 0. The maximum absolute atomic E-state index is 5.09. The van der Waals surface area contributed by atoms with Crippen LogP contribution in [0.15, 0.2) is 12.7 Å². The van der Waals surface area contributed by atoms with Crippen LogP contribution in [0.25, 0.3) is 0 Å². The van der Waals surface area contributed by atoms with Gasteiger partial charge in [-0.05, 0) is 19.3 Å². The van der Waals surface area contributed by atoms with E-state index in [-0.39, 0.29) is 0 Å². The number of hydrogen-bond donors (Lipinski definition) is 0. The molecule has 0 amide bonds. The molecular formula is C9H16O.